The van der Waals surface area contributed by atoms with Crippen LogP contribution in [0.25, 0.3) is 0 Å². The summed E-state index contributed by atoms with van der Waals surface area (Å²) in [6.45, 7) is 8.74. The van der Waals surface area contributed by atoms with Crippen LogP contribution >= 0.6 is 11.3 Å². The van der Waals surface area contributed by atoms with Crippen LogP contribution in [0.15, 0.2) is 22.8 Å². The number of guanidine groups is 1. The largest absolute Gasteiger partial charge is 0.357 e. The van der Waals surface area contributed by atoms with E-state index in [0.29, 0.717) is 12.6 Å². The van der Waals surface area contributed by atoms with Crippen molar-refractivity contribution < 1.29 is 0 Å². The zero-order valence-corrected chi connectivity index (χ0v) is 16.0. The van der Waals surface area contributed by atoms with Crippen molar-refractivity contribution in [2.75, 3.05) is 19.6 Å². The average molecular weight is 362 g/mol. The van der Waals surface area contributed by atoms with Crippen molar-refractivity contribution in [1.29, 1.82) is 0 Å². The van der Waals surface area contributed by atoms with Crippen molar-refractivity contribution in [3.8, 4) is 0 Å². The molecule has 25 heavy (non-hydrogen) atoms. The van der Waals surface area contributed by atoms with E-state index in [2.05, 4.69) is 55.9 Å². The minimum atomic E-state index is 0.451. The first-order chi connectivity index (χ1) is 12.2. The first-order valence-corrected chi connectivity index (χ1v) is 9.69. The van der Waals surface area contributed by atoms with Crippen LogP contribution in [0.2, 0.25) is 0 Å². The normalized spacial score (nSPS) is 16.5. The molecule has 3 rings (SSSR count). The van der Waals surface area contributed by atoms with Crippen LogP contribution in [0.5, 0.6) is 0 Å². The van der Waals surface area contributed by atoms with Gasteiger partial charge in [0.05, 0.1) is 0 Å². The van der Waals surface area contributed by atoms with Crippen molar-refractivity contribution in [1.82, 2.24) is 30.3 Å². The zero-order chi connectivity index (χ0) is 17.6. The predicted molar refractivity (Wildman–Crippen MR) is 102 cm³/mol. The van der Waals surface area contributed by atoms with Gasteiger partial charge in [-0.05, 0) is 37.3 Å². The van der Waals surface area contributed by atoms with Crippen LogP contribution in [0.1, 0.15) is 30.1 Å². The smallest absolute Gasteiger partial charge is 0.191 e. The number of hydrogen-bond donors (Lipinski definition) is 2. The summed E-state index contributed by atoms with van der Waals surface area (Å²) in [4.78, 5) is 12.9. The maximum atomic E-state index is 4.62. The molecule has 2 N–H and O–H groups in total. The number of thiophene rings is 1. The number of aryl methyl sites for hydroxylation is 1. The maximum Gasteiger partial charge on any atom is 0.191 e. The Kier molecular flexibility index (Phi) is 6.04. The molecule has 0 spiro atoms. The molecule has 1 unspecified atom stereocenters. The third kappa shape index (κ3) is 4.58. The van der Waals surface area contributed by atoms with Crippen LogP contribution < -0.4 is 10.6 Å². The maximum absolute atomic E-state index is 4.62. The van der Waals surface area contributed by atoms with E-state index in [9.17, 15) is 0 Å². The lowest BCUT2D eigenvalue weighted by atomic mass is 10.1. The number of nitrogens with one attached hydrogen (secondary N) is 2. The average Bonchev–Trinajstić information content (AvgIpc) is 3.25. The van der Waals surface area contributed by atoms with Crippen LogP contribution in [-0.2, 0) is 26.6 Å². The molecule has 0 aliphatic carbocycles. The number of nitrogens with zero attached hydrogens (tertiary/aromatic N) is 5. The summed E-state index contributed by atoms with van der Waals surface area (Å²) < 4.78 is 1.75. The van der Waals surface area contributed by atoms with Crippen molar-refractivity contribution in [3.63, 3.8) is 0 Å². The molecule has 0 saturated carbocycles. The summed E-state index contributed by atoms with van der Waals surface area (Å²) in [6, 6.07) is 2.71. The minimum Gasteiger partial charge on any atom is -0.357 e. The molecule has 7 nitrogen and oxygen atoms in total. The Bertz CT molecular complexity index is 705. The van der Waals surface area contributed by atoms with E-state index in [1.165, 1.54) is 5.56 Å². The van der Waals surface area contributed by atoms with E-state index in [4.69, 9.17) is 0 Å². The van der Waals surface area contributed by atoms with Gasteiger partial charge < -0.3 is 10.6 Å². The molecule has 136 valence electrons. The van der Waals surface area contributed by atoms with E-state index < -0.39 is 0 Å². The minimum absolute atomic E-state index is 0.451. The molecular weight excluding hydrogens is 334 g/mol. The Morgan fingerprint density at radius 3 is 3.08 bits per heavy atom. The number of fused-ring (bicyclic) bond motifs is 1. The lowest BCUT2D eigenvalue weighted by Crippen LogP contribution is -2.47. The lowest BCUT2D eigenvalue weighted by Gasteiger charge is -2.32. The SMILES string of the molecule is CCNC(=NCc1ncnn1C)NCC(C)N1CCc2sccc2C1. The molecule has 0 amide bonds. The molecule has 1 aliphatic heterocycles. The molecule has 0 bridgehead atoms. The highest BCUT2D eigenvalue weighted by Crippen LogP contribution is 2.24. The highest BCUT2D eigenvalue weighted by atomic mass is 32.1. The van der Waals surface area contributed by atoms with Gasteiger partial charge in [-0.15, -0.1) is 11.3 Å². The molecule has 1 aliphatic rings. The fourth-order valence-electron chi connectivity index (χ4n) is 2.97. The molecule has 1 atom stereocenters. The fourth-order valence-corrected chi connectivity index (χ4v) is 3.86. The predicted octanol–water partition coefficient (Wildman–Crippen LogP) is 1.38. The van der Waals surface area contributed by atoms with E-state index >= 15 is 0 Å². The van der Waals surface area contributed by atoms with Gasteiger partial charge in [-0.25, -0.2) is 9.98 Å². The van der Waals surface area contributed by atoms with E-state index in [0.717, 1.165) is 44.4 Å². The Morgan fingerprint density at radius 1 is 1.44 bits per heavy atom. The monoisotopic (exact) mass is 361 g/mol. The topological polar surface area (TPSA) is 70.4 Å². The molecular formula is C17H27N7S. The van der Waals surface area contributed by atoms with Crippen LogP contribution in [0, 0.1) is 0 Å². The Balaban J connectivity index is 1.53. The number of rotatable bonds is 6. The summed E-state index contributed by atoms with van der Waals surface area (Å²) in [5.41, 5.74) is 1.49. The molecule has 8 heteroatoms. The highest BCUT2D eigenvalue weighted by molar-refractivity contribution is 7.10. The van der Waals surface area contributed by atoms with Crippen LogP contribution in [0.4, 0.5) is 0 Å². The van der Waals surface area contributed by atoms with Gasteiger partial charge in [0.15, 0.2) is 5.96 Å². The summed E-state index contributed by atoms with van der Waals surface area (Å²) in [7, 11) is 1.88. The van der Waals surface area contributed by atoms with E-state index in [-0.39, 0.29) is 0 Å². The third-order valence-corrected chi connectivity index (χ3v) is 5.58. The van der Waals surface area contributed by atoms with Crippen molar-refractivity contribution in [2.45, 2.75) is 39.4 Å². The van der Waals surface area contributed by atoms with Gasteiger partial charge in [-0.3, -0.25) is 9.58 Å². The quantitative estimate of drug-likeness (QED) is 0.601. The van der Waals surface area contributed by atoms with Gasteiger partial charge in [-0.1, -0.05) is 0 Å². The van der Waals surface area contributed by atoms with E-state index in [1.807, 2.05) is 18.4 Å². The molecule has 0 radical (unpaired) electrons. The van der Waals surface area contributed by atoms with Gasteiger partial charge in [-0.2, -0.15) is 5.10 Å². The fraction of sp³-hybridized carbons (Fsp3) is 0.588. The number of hydrogen-bond acceptors (Lipinski definition) is 5. The lowest BCUT2D eigenvalue weighted by molar-refractivity contribution is 0.192. The summed E-state index contributed by atoms with van der Waals surface area (Å²) >= 11 is 1.89. The van der Waals surface area contributed by atoms with Gasteiger partial charge in [0.25, 0.3) is 0 Å². The van der Waals surface area contributed by atoms with Gasteiger partial charge in [0, 0.05) is 44.1 Å². The third-order valence-electron chi connectivity index (χ3n) is 4.55. The second-order valence-electron chi connectivity index (χ2n) is 6.31. The van der Waals surface area contributed by atoms with Gasteiger partial charge in [0.1, 0.15) is 18.7 Å². The number of aliphatic imine (C=N–C) groups is 1. The summed E-state index contributed by atoms with van der Waals surface area (Å²) in [6.07, 6.45) is 2.72. The number of aromatic nitrogens is 3. The Labute approximate surface area is 153 Å². The first-order valence-electron chi connectivity index (χ1n) is 8.81. The standard InChI is InChI=1S/C17H27N7S/c1-4-18-17(20-10-16-21-12-22-23(16)3)19-9-13(2)24-7-5-15-14(11-24)6-8-25-15/h6,8,12-13H,4-5,7,9-11H2,1-3H3,(H2,18,19,20). The van der Waals surface area contributed by atoms with Crippen molar-refractivity contribution >= 4 is 17.3 Å². The summed E-state index contributed by atoms with van der Waals surface area (Å²) in [5.74, 6) is 1.68. The Hall–Kier alpha value is -1.93. The molecule has 0 aromatic carbocycles. The molecule has 3 heterocycles. The van der Waals surface area contributed by atoms with Crippen LogP contribution in [0.3, 0.4) is 0 Å². The van der Waals surface area contributed by atoms with Gasteiger partial charge in [0.2, 0.25) is 0 Å². The second-order valence-corrected chi connectivity index (χ2v) is 7.32. The molecule has 2 aromatic rings. The second kappa shape index (κ2) is 8.44. The van der Waals surface area contributed by atoms with Crippen molar-refractivity contribution in [3.05, 3.63) is 34.0 Å². The van der Waals surface area contributed by atoms with Gasteiger partial charge >= 0.3 is 0 Å². The van der Waals surface area contributed by atoms with E-state index in [1.54, 1.807) is 15.9 Å². The molecule has 0 saturated heterocycles. The van der Waals surface area contributed by atoms with Crippen LogP contribution in [-0.4, -0.2) is 51.3 Å². The summed E-state index contributed by atoms with van der Waals surface area (Å²) in [5, 5.41) is 13.0. The van der Waals surface area contributed by atoms with Crippen molar-refractivity contribution in [2.24, 2.45) is 12.0 Å². The first kappa shape index (κ1) is 17.9. The highest BCUT2D eigenvalue weighted by Gasteiger charge is 2.21. The Morgan fingerprint density at radius 2 is 2.32 bits per heavy atom. The molecule has 2 aromatic heterocycles. The molecule has 0 fully saturated rings. The zero-order valence-electron chi connectivity index (χ0n) is 15.2.